The van der Waals surface area contributed by atoms with E-state index in [2.05, 4.69) is 0 Å². The van der Waals surface area contributed by atoms with Gasteiger partial charge in [0.05, 0.1) is 11.3 Å². The SMILES string of the molecule is Cc1cc(Cl)ccc1OC(=O)c1cccc(N2C(=O)CCC2=O)c1. The Balaban J connectivity index is 1.84. The molecule has 0 aliphatic carbocycles. The summed E-state index contributed by atoms with van der Waals surface area (Å²) in [6.45, 7) is 1.78. The third-order valence-corrected chi connectivity index (χ3v) is 3.97. The number of carbonyl (C=O) groups is 3. The molecule has 1 heterocycles. The number of amides is 2. The van der Waals surface area contributed by atoms with Crippen molar-refractivity contribution in [2.24, 2.45) is 0 Å². The molecule has 1 fully saturated rings. The minimum atomic E-state index is -0.568. The highest BCUT2D eigenvalue weighted by atomic mass is 35.5. The van der Waals surface area contributed by atoms with Crippen LogP contribution in [0.15, 0.2) is 42.5 Å². The zero-order valence-corrected chi connectivity index (χ0v) is 13.7. The quantitative estimate of drug-likeness (QED) is 0.486. The molecule has 6 heteroatoms. The van der Waals surface area contributed by atoms with Gasteiger partial charge in [0.1, 0.15) is 5.75 Å². The van der Waals surface area contributed by atoms with Crippen molar-refractivity contribution in [2.75, 3.05) is 4.90 Å². The fourth-order valence-electron chi connectivity index (χ4n) is 2.52. The number of ether oxygens (including phenoxy) is 1. The minimum absolute atomic E-state index is 0.192. The summed E-state index contributed by atoms with van der Waals surface area (Å²) in [4.78, 5) is 37.1. The largest absolute Gasteiger partial charge is 0.423 e. The number of esters is 1. The zero-order chi connectivity index (χ0) is 17.3. The number of rotatable bonds is 3. The molecule has 5 nitrogen and oxygen atoms in total. The fourth-order valence-corrected chi connectivity index (χ4v) is 2.75. The van der Waals surface area contributed by atoms with Crippen molar-refractivity contribution in [3.63, 3.8) is 0 Å². The van der Waals surface area contributed by atoms with Gasteiger partial charge < -0.3 is 4.74 Å². The average molecular weight is 344 g/mol. The molecule has 24 heavy (non-hydrogen) atoms. The molecule has 0 spiro atoms. The van der Waals surface area contributed by atoms with E-state index in [-0.39, 0.29) is 30.2 Å². The molecule has 1 aliphatic rings. The lowest BCUT2D eigenvalue weighted by molar-refractivity contribution is -0.121. The molecule has 2 amide bonds. The first kappa shape index (κ1) is 16.2. The summed E-state index contributed by atoms with van der Waals surface area (Å²) >= 11 is 5.88. The smallest absolute Gasteiger partial charge is 0.343 e. The molecule has 1 aliphatic heterocycles. The molecule has 0 aromatic heterocycles. The summed E-state index contributed by atoms with van der Waals surface area (Å²) < 4.78 is 5.37. The van der Waals surface area contributed by atoms with Crippen molar-refractivity contribution < 1.29 is 19.1 Å². The molecule has 1 saturated heterocycles. The Kier molecular flexibility index (Phi) is 4.36. The van der Waals surface area contributed by atoms with Crippen LogP contribution in [-0.2, 0) is 9.59 Å². The number of hydrogen-bond donors (Lipinski definition) is 0. The maximum atomic E-state index is 12.3. The number of hydrogen-bond acceptors (Lipinski definition) is 4. The molecule has 0 bridgehead atoms. The predicted molar refractivity (Wildman–Crippen MR) is 89.3 cm³/mol. The van der Waals surface area contributed by atoms with E-state index in [1.54, 1.807) is 43.3 Å². The topological polar surface area (TPSA) is 63.7 Å². The van der Waals surface area contributed by atoms with Crippen LogP contribution >= 0.6 is 11.6 Å². The summed E-state index contributed by atoms with van der Waals surface area (Å²) in [5.41, 5.74) is 1.37. The second kappa shape index (κ2) is 6.45. The summed E-state index contributed by atoms with van der Waals surface area (Å²) in [6.07, 6.45) is 0.384. The molecule has 2 aromatic carbocycles. The Morgan fingerprint density at radius 2 is 1.79 bits per heavy atom. The lowest BCUT2D eigenvalue weighted by atomic mass is 10.2. The maximum Gasteiger partial charge on any atom is 0.343 e. The van der Waals surface area contributed by atoms with Gasteiger partial charge in [-0.3, -0.25) is 14.5 Å². The van der Waals surface area contributed by atoms with Gasteiger partial charge in [0.2, 0.25) is 11.8 Å². The number of nitrogens with zero attached hydrogens (tertiary/aromatic N) is 1. The van der Waals surface area contributed by atoms with Crippen LogP contribution in [0.1, 0.15) is 28.8 Å². The van der Waals surface area contributed by atoms with E-state index in [0.29, 0.717) is 16.5 Å². The molecular weight excluding hydrogens is 330 g/mol. The van der Waals surface area contributed by atoms with Gasteiger partial charge in [0, 0.05) is 17.9 Å². The molecule has 0 atom stereocenters. The van der Waals surface area contributed by atoms with E-state index in [0.717, 1.165) is 10.5 Å². The van der Waals surface area contributed by atoms with Crippen LogP contribution in [0, 0.1) is 6.92 Å². The van der Waals surface area contributed by atoms with Crippen LogP contribution in [0.5, 0.6) is 5.75 Å². The van der Waals surface area contributed by atoms with Gasteiger partial charge in [0.25, 0.3) is 0 Å². The number of halogens is 1. The van der Waals surface area contributed by atoms with Crippen molar-refractivity contribution >= 4 is 35.1 Å². The highest BCUT2D eigenvalue weighted by molar-refractivity contribution is 6.30. The van der Waals surface area contributed by atoms with Crippen LogP contribution in [-0.4, -0.2) is 17.8 Å². The fraction of sp³-hybridized carbons (Fsp3) is 0.167. The summed E-state index contributed by atoms with van der Waals surface area (Å²) in [5.74, 6) is -0.692. The first-order valence-electron chi connectivity index (χ1n) is 7.40. The van der Waals surface area contributed by atoms with E-state index < -0.39 is 5.97 Å². The first-order valence-corrected chi connectivity index (χ1v) is 7.77. The molecule has 0 N–H and O–H groups in total. The Labute approximate surface area is 143 Å². The highest BCUT2D eigenvalue weighted by Crippen LogP contribution is 2.25. The maximum absolute atomic E-state index is 12.3. The summed E-state index contributed by atoms with van der Waals surface area (Å²) in [5, 5.41) is 0.556. The Bertz CT molecular complexity index is 831. The van der Waals surface area contributed by atoms with Crippen molar-refractivity contribution in [3.05, 3.63) is 58.6 Å². The molecule has 0 unspecified atom stereocenters. The number of aryl methyl sites for hydroxylation is 1. The average Bonchev–Trinajstić information content (AvgIpc) is 2.89. The zero-order valence-electron chi connectivity index (χ0n) is 12.9. The monoisotopic (exact) mass is 343 g/mol. The van der Waals surface area contributed by atoms with Gasteiger partial charge in [-0.05, 0) is 48.9 Å². The van der Waals surface area contributed by atoms with Crippen molar-refractivity contribution in [3.8, 4) is 5.75 Å². The van der Waals surface area contributed by atoms with Crippen molar-refractivity contribution in [1.29, 1.82) is 0 Å². The van der Waals surface area contributed by atoms with Gasteiger partial charge >= 0.3 is 5.97 Å². The van der Waals surface area contributed by atoms with E-state index in [4.69, 9.17) is 16.3 Å². The van der Waals surface area contributed by atoms with Crippen molar-refractivity contribution in [1.82, 2.24) is 0 Å². The standard InChI is InChI=1S/C18H14ClNO4/c1-11-9-13(19)5-6-15(11)24-18(23)12-3-2-4-14(10-12)20-16(21)7-8-17(20)22/h2-6,9-10H,7-8H2,1H3. The van der Waals surface area contributed by atoms with E-state index >= 15 is 0 Å². The Morgan fingerprint density at radius 3 is 2.46 bits per heavy atom. The van der Waals surface area contributed by atoms with Gasteiger partial charge in [-0.1, -0.05) is 17.7 Å². The van der Waals surface area contributed by atoms with Crippen LogP contribution < -0.4 is 9.64 Å². The Morgan fingerprint density at radius 1 is 1.08 bits per heavy atom. The van der Waals surface area contributed by atoms with Gasteiger partial charge in [0.15, 0.2) is 0 Å². The third-order valence-electron chi connectivity index (χ3n) is 3.73. The van der Waals surface area contributed by atoms with Crippen LogP contribution in [0.4, 0.5) is 5.69 Å². The van der Waals surface area contributed by atoms with E-state index in [1.165, 1.54) is 6.07 Å². The molecule has 0 radical (unpaired) electrons. The lowest BCUT2D eigenvalue weighted by Gasteiger charge is -2.14. The van der Waals surface area contributed by atoms with Gasteiger partial charge in [-0.2, -0.15) is 0 Å². The number of anilines is 1. The minimum Gasteiger partial charge on any atom is -0.423 e. The predicted octanol–water partition coefficient (Wildman–Crippen LogP) is 3.52. The number of imide groups is 1. The van der Waals surface area contributed by atoms with Gasteiger partial charge in [-0.25, -0.2) is 4.79 Å². The molecular formula is C18H14ClNO4. The normalized spacial score (nSPS) is 14.2. The third kappa shape index (κ3) is 3.16. The molecule has 2 aromatic rings. The Hall–Kier alpha value is -2.66. The molecule has 3 rings (SSSR count). The summed E-state index contributed by atoms with van der Waals surface area (Å²) in [7, 11) is 0. The van der Waals surface area contributed by atoms with E-state index in [1.807, 2.05) is 0 Å². The van der Waals surface area contributed by atoms with E-state index in [9.17, 15) is 14.4 Å². The second-order valence-corrected chi connectivity index (χ2v) is 5.91. The molecule has 0 saturated carbocycles. The highest BCUT2D eigenvalue weighted by Gasteiger charge is 2.30. The van der Waals surface area contributed by atoms with Crippen LogP contribution in [0.2, 0.25) is 5.02 Å². The number of carbonyl (C=O) groups excluding carboxylic acids is 3. The summed E-state index contributed by atoms with van der Waals surface area (Å²) in [6, 6.07) is 11.2. The van der Waals surface area contributed by atoms with Crippen LogP contribution in [0.25, 0.3) is 0 Å². The van der Waals surface area contributed by atoms with Crippen molar-refractivity contribution in [2.45, 2.75) is 19.8 Å². The number of benzene rings is 2. The van der Waals surface area contributed by atoms with Gasteiger partial charge in [-0.15, -0.1) is 0 Å². The first-order chi connectivity index (χ1) is 11.5. The molecule has 122 valence electrons. The lowest BCUT2D eigenvalue weighted by Crippen LogP contribution is -2.28. The van der Waals surface area contributed by atoms with Crippen LogP contribution in [0.3, 0.4) is 0 Å². The second-order valence-electron chi connectivity index (χ2n) is 5.47.